The number of nitrogens with zero attached hydrogens (tertiary/aromatic N) is 3. The molecule has 6 nitrogen and oxygen atoms in total. The van der Waals surface area contributed by atoms with Crippen LogP contribution in [0.3, 0.4) is 0 Å². The van der Waals surface area contributed by atoms with E-state index in [0.717, 1.165) is 11.3 Å². The van der Waals surface area contributed by atoms with Crippen LogP contribution in [0.15, 0.2) is 73.1 Å². The zero-order chi connectivity index (χ0) is 16.1. The molecule has 1 N–H and O–H groups in total. The number of aromatic nitrogens is 2. The predicted molar refractivity (Wildman–Crippen MR) is 87.0 cm³/mol. The first-order chi connectivity index (χ1) is 11.2. The van der Waals surface area contributed by atoms with E-state index in [1.165, 1.54) is 12.3 Å². The molecule has 2 heterocycles. The number of hydrogen-bond donors (Lipinski definition) is 1. The Hall–Kier alpha value is -3.28. The number of benzene rings is 1. The van der Waals surface area contributed by atoms with Crippen LogP contribution in [0.1, 0.15) is 17.3 Å². The lowest BCUT2D eigenvalue weighted by molar-refractivity contribution is -0.385. The van der Waals surface area contributed by atoms with E-state index in [2.05, 4.69) is 15.3 Å². The Morgan fingerprint density at radius 2 is 1.74 bits per heavy atom. The molecule has 3 aromatic rings. The molecule has 0 saturated carbocycles. The zero-order valence-corrected chi connectivity index (χ0v) is 12.2. The normalized spacial score (nSPS) is 11.7. The highest BCUT2D eigenvalue weighted by molar-refractivity contribution is 5.45. The molecule has 0 bridgehead atoms. The van der Waals surface area contributed by atoms with Crippen LogP contribution in [-0.4, -0.2) is 14.9 Å². The summed E-state index contributed by atoms with van der Waals surface area (Å²) < 4.78 is 0. The van der Waals surface area contributed by atoms with E-state index in [1.807, 2.05) is 48.5 Å². The van der Waals surface area contributed by atoms with E-state index in [0.29, 0.717) is 5.82 Å². The summed E-state index contributed by atoms with van der Waals surface area (Å²) in [6.07, 6.45) is 2.97. The Balaban J connectivity index is 1.92. The van der Waals surface area contributed by atoms with Crippen molar-refractivity contribution >= 4 is 11.5 Å². The van der Waals surface area contributed by atoms with E-state index in [1.54, 1.807) is 12.3 Å². The number of hydrogen-bond acceptors (Lipinski definition) is 5. The number of nitrogens with one attached hydrogen (secondary N) is 1. The van der Waals surface area contributed by atoms with E-state index in [-0.39, 0.29) is 11.7 Å². The summed E-state index contributed by atoms with van der Waals surface area (Å²) in [5.41, 5.74) is 1.84. The summed E-state index contributed by atoms with van der Waals surface area (Å²) in [6.45, 7) is 0. The topological polar surface area (TPSA) is 81.0 Å². The largest absolute Gasteiger partial charge is 0.358 e. The van der Waals surface area contributed by atoms with E-state index in [9.17, 15) is 10.1 Å². The summed E-state index contributed by atoms with van der Waals surface area (Å²) >= 11 is 0. The SMILES string of the molecule is O=[N+]([O-])c1ccc(NC(c2ccccc2)c2ccccn2)nc1. The predicted octanol–water partition coefficient (Wildman–Crippen LogP) is 3.59. The van der Waals surface area contributed by atoms with E-state index >= 15 is 0 Å². The zero-order valence-electron chi connectivity index (χ0n) is 12.2. The molecule has 1 unspecified atom stereocenters. The Labute approximate surface area is 133 Å². The molecule has 1 aromatic carbocycles. The average Bonchev–Trinajstić information content (AvgIpc) is 2.61. The molecule has 0 aliphatic carbocycles. The maximum absolute atomic E-state index is 10.7. The number of nitro groups is 1. The lowest BCUT2D eigenvalue weighted by Gasteiger charge is -2.19. The smallest absolute Gasteiger partial charge is 0.287 e. The van der Waals surface area contributed by atoms with Crippen molar-refractivity contribution in [3.63, 3.8) is 0 Å². The Morgan fingerprint density at radius 3 is 2.35 bits per heavy atom. The van der Waals surface area contributed by atoms with Gasteiger partial charge in [-0.15, -0.1) is 0 Å². The molecule has 23 heavy (non-hydrogen) atoms. The van der Waals surface area contributed by atoms with Crippen LogP contribution in [0.5, 0.6) is 0 Å². The van der Waals surface area contributed by atoms with Crippen LogP contribution < -0.4 is 5.32 Å². The van der Waals surface area contributed by atoms with E-state index in [4.69, 9.17) is 0 Å². The number of anilines is 1. The Kier molecular flexibility index (Phi) is 4.24. The first-order valence-electron chi connectivity index (χ1n) is 7.07. The molecule has 0 saturated heterocycles. The van der Waals surface area contributed by atoms with Gasteiger partial charge in [-0.25, -0.2) is 4.98 Å². The van der Waals surface area contributed by atoms with Crippen LogP contribution in [0.2, 0.25) is 0 Å². The standard InChI is InChI=1S/C17H14N4O2/c22-21(23)14-9-10-16(19-12-14)20-17(13-6-2-1-3-7-13)15-8-4-5-11-18-15/h1-12,17H,(H,19,20). The Bertz CT molecular complexity index is 737. The minimum absolute atomic E-state index is 0.0374. The van der Waals surface area contributed by atoms with Crippen molar-refractivity contribution < 1.29 is 4.92 Å². The molecule has 0 fully saturated rings. The molecule has 0 radical (unpaired) electrons. The van der Waals surface area contributed by atoms with Crippen molar-refractivity contribution in [2.45, 2.75) is 6.04 Å². The molecule has 114 valence electrons. The van der Waals surface area contributed by atoms with Gasteiger partial charge in [-0.05, 0) is 23.8 Å². The molecule has 2 aromatic heterocycles. The molecule has 1 atom stereocenters. The fourth-order valence-electron chi connectivity index (χ4n) is 2.25. The summed E-state index contributed by atoms with van der Waals surface area (Å²) in [5, 5.41) is 14.0. The first kappa shape index (κ1) is 14.6. The van der Waals surface area contributed by atoms with Crippen molar-refractivity contribution in [3.05, 3.63) is 94.4 Å². The quantitative estimate of drug-likeness (QED) is 0.575. The highest BCUT2D eigenvalue weighted by atomic mass is 16.6. The van der Waals surface area contributed by atoms with Gasteiger partial charge in [0.05, 0.1) is 16.7 Å². The van der Waals surface area contributed by atoms with E-state index < -0.39 is 4.92 Å². The van der Waals surface area contributed by atoms with Gasteiger partial charge in [-0.1, -0.05) is 36.4 Å². The second-order valence-electron chi connectivity index (χ2n) is 4.90. The number of pyridine rings is 2. The number of rotatable bonds is 5. The molecular formula is C17H14N4O2. The second-order valence-corrected chi connectivity index (χ2v) is 4.90. The summed E-state index contributed by atoms with van der Waals surface area (Å²) in [6, 6.07) is 18.4. The monoisotopic (exact) mass is 306 g/mol. The highest BCUT2D eigenvalue weighted by Gasteiger charge is 2.16. The third-order valence-corrected chi connectivity index (χ3v) is 3.37. The van der Waals surface area contributed by atoms with Crippen molar-refractivity contribution in [1.29, 1.82) is 0 Å². The lowest BCUT2D eigenvalue weighted by Crippen LogP contribution is -2.14. The summed E-state index contributed by atoms with van der Waals surface area (Å²) in [7, 11) is 0. The van der Waals surface area contributed by atoms with Gasteiger partial charge in [0.1, 0.15) is 12.0 Å². The molecule has 0 aliphatic heterocycles. The van der Waals surface area contributed by atoms with Crippen molar-refractivity contribution in [1.82, 2.24) is 9.97 Å². The molecule has 6 heteroatoms. The van der Waals surface area contributed by atoms with Crippen LogP contribution in [0, 0.1) is 10.1 Å². The first-order valence-corrected chi connectivity index (χ1v) is 7.07. The Morgan fingerprint density at radius 1 is 0.957 bits per heavy atom. The lowest BCUT2D eigenvalue weighted by atomic mass is 10.0. The van der Waals surface area contributed by atoms with Crippen LogP contribution >= 0.6 is 0 Å². The van der Waals surface area contributed by atoms with Gasteiger partial charge >= 0.3 is 0 Å². The fourth-order valence-corrected chi connectivity index (χ4v) is 2.25. The van der Waals surface area contributed by atoms with Gasteiger partial charge in [-0.3, -0.25) is 15.1 Å². The van der Waals surface area contributed by atoms with Gasteiger partial charge in [0.15, 0.2) is 0 Å². The van der Waals surface area contributed by atoms with Crippen molar-refractivity contribution in [2.75, 3.05) is 5.32 Å². The molecule has 0 aliphatic rings. The van der Waals surface area contributed by atoms with Gasteiger partial charge in [0, 0.05) is 12.3 Å². The molecular weight excluding hydrogens is 292 g/mol. The van der Waals surface area contributed by atoms with Crippen molar-refractivity contribution in [2.24, 2.45) is 0 Å². The molecule has 0 amide bonds. The third kappa shape index (κ3) is 3.49. The third-order valence-electron chi connectivity index (χ3n) is 3.37. The van der Waals surface area contributed by atoms with Crippen molar-refractivity contribution in [3.8, 4) is 0 Å². The molecule has 0 spiro atoms. The fraction of sp³-hybridized carbons (Fsp3) is 0.0588. The maximum Gasteiger partial charge on any atom is 0.287 e. The van der Waals surface area contributed by atoms with Crippen LogP contribution in [0.4, 0.5) is 11.5 Å². The van der Waals surface area contributed by atoms with Gasteiger partial charge < -0.3 is 5.32 Å². The highest BCUT2D eigenvalue weighted by Crippen LogP contribution is 2.24. The maximum atomic E-state index is 10.7. The summed E-state index contributed by atoms with van der Waals surface area (Å²) in [5.74, 6) is 0.551. The summed E-state index contributed by atoms with van der Waals surface area (Å²) in [4.78, 5) is 18.8. The van der Waals surface area contributed by atoms with Crippen LogP contribution in [-0.2, 0) is 0 Å². The van der Waals surface area contributed by atoms with Gasteiger partial charge in [0.2, 0.25) is 0 Å². The van der Waals surface area contributed by atoms with Gasteiger partial charge in [-0.2, -0.15) is 0 Å². The van der Waals surface area contributed by atoms with Gasteiger partial charge in [0.25, 0.3) is 5.69 Å². The molecule has 3 rings (SSSR count). The van der Waals surface area contributed by atoms with Crippen LogP contribution in [0.25, 0.3) is 0 Å². The minimum atomic E-state index is -0.468. The second kappa shape index (κ2) is 6.65. The average molecular weight is 306 g/mol. The minimum Gasteiger partial charge on any atom is -0.358 e.